The summed E-state index contributed by atoms with van der Waals surface area (Å²) in [6.07, 6.45) is 1.37. The predicted octanol–water partition coefficient (Wildman–Crippen LogP) is 4.03. The van der Waals surface area contributed by atoms with Crippen molar-refractivity contribution >= 4 is 35.6 Å². The van der Waals surface area contributed by atoms with Crippen LogP contribution in [0.4, 0.5) is 10.5 Å². The van der Waals surface area contributed by atoms with Gasteiger partial charge in [-0.25, -0.2) is 14.5 Å². The van der Waals surface area contributed by atoms with Crippen LogP contribution in [-0.4, -0.2) is 35.5 Å². The van der Waals surface area contributed by atoms with Crippen molar-refractivity contribution in [3.05, 3.63) is 95.1 Å². The second-order valence-corrected chi connectivity index (χ2v) is 7.71. The van der Waals surface area contributed by atoms with Crippen LogP contribution in [0.2, 0.25) is 0 Å². The van der Waals surface area contributed by atoms with E-state index in [-0.39, 0.29) is 23.4 Å². The van der Waals surface area contributed by atoms with E-state index in [1.165, 1.54) is 18.2 Å². The van der Waals surface area contributed by atoms with Crippen molar-refractivity contribution in [3.8, 4) is 11.5 Å². The quantitative estimate of drug-likeness (QED) is 0.364. The van der Waals surface area contributed by atoms with E-state index in [9.17, 15) is 19.2 Å². The van der Waals surface area contributed by atoms with Crippen molar-refractivity contribution in [1.82, 2.24) is 5.32 Å². The van der Waals surface area contributed by atoms with Crippen molar-refractivity contribution < 1.29 is 33.8 Å². The van der Waals surface area contributed by atoms with Gasteiger partial charge in [0.25, 0.3) is 11.8 Å². The van der Waals surface area contributed by atoms with Crippen molar-refractivity contribution in [2.24, 2.45) is 0 Å². The first kappa shape index (κ1) is 24.2. The van der Waals surface area contributed by atoms with Crippen LogP contribution in [0.3, 0.4) is 0 Å². The maximum absolute atomic E-state index is 13.2. The van der Waals surface area contributed by atoms with Gasteiger partial charge in [0.1, 0.15) is 23.7 Å². The molecule has 3 aromatic rings. The first-order valence-corrected chi connectivity index (χ1v) is 11.1. The van der Waals surface area contributed by atoms with Gasteiger partial charge in [0.05, 0.1) is 17.9 Å². The molecule has 1 aliphatic rings. The van der Waals surface area contributed by atoms with E-state index in [1.54, 1.807) is 60.7 Å². The topological polar surface area (TPSA) is 122 Å². The second-order valence-electron chi connectivity index (χ2n) is 7.71. The van der Waals surface area contributed by atoms with Crippen molar-refractivity contribution in [2.75, 3.05) is 11.5 Å². The average molecular weight is 486 g/mol. The Morgan fingerprint density at radius 2 is 1.64 bits per heavy atom. The first-order chi connectivity index (χ1) is 17.4. The smallest absolute Gasteiger partial charge is 0.335 e. The number of urea groups is 1. The van der Waals surface area contributed by atoms with E-state index >= 15 is 0 Å². The van der Waals surface area contributed by atoms with Gasteiger partial charge in [-0.05, 0) is 61.0 Å². The van der Waals surface area contributed by atoms with Gasteiger partial charge in [0, 0.05) is 5.56 Å². The van der Waals surface area contributed by atoms with Crippen molar-refractivity contribution in [2.45, 2.75) is 13.5 Å². The molecular formula is C27H22N2O7. The zero-order chi connectivity index (χ0) is 25.7. The molecule has 2 N–H and O–H groups in total. The molecule has 182 valence electrons. The normalized spacial score (nSPS) is 14.5. The molecule has 9 nitrogen and oxygen atoms in total. The Balaban J connectivity index is 1.58. The van der Waals surface area contributed by atoms with Crippen LogP contribution >= 0.6 is 0 Å². The number of hydrogen-bond donors (Lipinski definition) is 2. The van der Waals surface area contributed by atoms with Crippen molar-refractivity contribution in [3.63, 3.8) is 0 Å². The van der Waals surface area contributed by atoms with Crippen LogP contribution < -0.4 is 19.7 Å². The number of carbonyl (C=O) groups excluding carboxylic acids is 3. The highest BCUT2D eigenvalue weighted by atomic mass is 16.5. The maximum Gasteiger partial charge on any atom is 0.335 e. The van der Waals surface area contributed by atoms with E-state index in [4.69, 9.17) is 14.6 Å². The van der Waals surface area contributed by atoms with Crippen LogP contribution in [0.5, 0.6) is 11.5 Å². The number of aromatic carboxylic acids is 1. The number of benzene rings is 3. The number of para-hydroxylation sites is 1. The Hall–Kier alpha value is -4.92. The zero-order valence-corrected chi connectivity index (χ0v) is 19.3. The molecule has 9 heteroatoms. The number of anilines is 1. The van der Waals surface area contributed by atoms with E-state index in [1.807, 2.05) is 6.92 Å². The molecule has 0 unspecified atom stereocenters. The molecular weight excluding hydrogens is 464 g/mol. The lowest BCUT2D eigenvalue weighted by atomic mass is 10.1. The van der Waals surface area contributed by atoms with Gasteiger partial charge in [-0.3, -0.25) is 14.9 Å². The molecule has 1 aliphatic heterocycles. The van der Waals surface area contributed by atoms with Gasteiger partial charge < -0.3 is 14.6 Å². The summed E-state index contributed by atoms with van der Waals surface area (Å²) in [7, 11) is 0. The number of hydrogen-bond acceptors (Lipinski definition) is 6. The molecule has 4 amide bonds. The molecule has 0 atom stereocenters. The molecule has 0 aliphatic carbocycles. The minimum atomic E-state index is -1.02. The van der Waals surface area contributed by atoms with E-state index in [0.717, 1.165) is 10.5 Å². The predicted molar refractivity (Wildman–Crippen MR) is 131 cm³/mol. The molecule has 0 bridgehead atoms. The first-order valence-electron chi connectivity index (χ1n) is 11.1. The molecule has 0 saturated carbocycles. The fourth-order valence-electron chi connectivity index (χ4n) is 3.54. The number of amides is 4. The summed E-state index contributed by atoms with van der Waals surface area (Å²) < 4.78 is 11.3. The van der Waals surface area contributed by atoms with Gasteiger partial charge >= 0.3 is 12.0 Å². The summed E-state index contributed by atoms with van der Waals surface area (Å²) in [6.45, 7) is 2.45. The Morgan fingerprint density at radius 3 is 2.31 bits per heavy atom. The Bertz CT molecular complexity index is 1350. The number of imide groups is 2. The number of ether oxygens (including phenoxy) is 2. The van der Waals surface area contributed by atoms with Gasteiger partial charge in [-0.1, -0.05) is 30.3 Å². The van der Waals surface area contributed by atoms with Crippen LogP contribution in [0.15, 0.2) is 78.4 Å². The fourth-order valence-corrected chi connectivity index (χ4v) is 3.54. The molecule has 36 heavy (non-hydrogen) atoms. The Kier molecular flexibility index (Phi) is 7.10. The third kappa shape index (κ3) is 5.25. The third-order valence-corrected chi connectivity index (χ3v) is 5.32. The fraction of sp³-hybridized carbons (Fsp3) is 0.111. The van der Waals surface area contributed by atoms with Crippen LogP contribution in [0.25, 0.3) is 6.08 Å². The van der Waals surface area contributed by atoms with Crippen LogP contribution in [0.1, 0.15) is 28.4 Å². The van der Waals surface area contributed by atoms with E-state index in [0.29, 0.717) is 23.7 Å². The number of nitrogens with zero attached hydrogens (tertiary/aromatic N) is 1. The van der Waals surface area contributed by atoms with E-state index < -0.39 is 23.8 Å². The number of carbonyl (C=O) groups is 4. The van der Waals surface area contributed by atoms with Gasteiger partial charge in [0.15, 0.2) is 0 Å². The second kappa shape index (κ2) is 10.6. The molecule has 0 radical (unpaired) electrons. The lowest BCUT2D eigenvalue weighted by Gasteiger charge is -2.26. The summed E-state index contributed by atoms with van der Waals surface area (Å²) >= 11 is 0. The Labute approximate surface area is 206 Å². The van der Waals surface area contributed by atoms with Gasteiger partial charge in [-0.2, -0.15) is 0 Å². The minimum Gasteiger partial charge on any atom is -0.494 e. The zero-order valence-electron chi connectivity index (χ0n) is 19.3. The summed E-state index contributed by atoms with van der Waals surface area (Å²) in [5, 5.41) is 11.2. The highest BCUT2D eigenvalue weighted by molar-refractivity contribution is 6.39. The number of carboxylic acids is 1. The molecule has 1 fully saturated rings. The Morgan fingerprint density at radius 1 is 0.944 bits per heavy atom. The molecule has 0 spiro atoms. The highest BCUT2D eigenvalue weighted by Crippen LogP contribution is 2.27. The van der Waals surface area contributed by atoms with Crippen molar-refractivity contribution in [1.29, 1.82) is 0 Å². The largest absolute Gasteiger partial charge is 0.494 e. The van der Waals surface area contributed by atoms with Gasteiger partial charge in [-0.15, -0.1) is 0 Å². The third-order valence-electron chi connectivity index (χ3n) is 5.32. The van der Waals surface area contributed by atoms with E-state index in [2.05, 4.69) is 5.32 Å². The average Bonchev–Trinajstić information content (AvgIpc) is 2.87. The minimum absolute atomic E-state index is 0.136. The molecule has 1 heterocycles. The molecule has 1 saturated heterocycles. The maximum atomic E-state index is 13.2. The summed E-state index contributed by atoms with van der Waals surface area (Å²) in [4.78, 5) is 50.1. The van der Waals surface area contributed by atoms with Gasteiger partial charge in [0.2, 0.25) is 0 Å². The standard InChI is InChI=1S/C27H22N2O7/c1-2-35-21-13-11-20(12-14-21)29-25(31)22(24(30)28-27(29)34)15-19-5-3-4-6-23(19)36-16-17-7-9-18(10-8-17)26(32)33/h3-15H,2,16H2,1H3,(H,32,33)(H,28,30,34)/b22-15+. The molecule has 4 rings (SSSR count). The summed E-state index contributed by atoms with van der Waals surface area (Å²) in [6, 6.07) is 18.6. The van der Waals surface area contributed by atoms with Crippen LogP contribution in [0, 0.1) is 0 Å². The summed E-state index contributed by atoms with van der Waals surface area (Å²) in [5.41, 5.74) is 1.41. The summed E-state index contributed by atoms with van der Waals surface area (Å²) in [5.74, 6) is -1.62. The number of barbiturate groups is 1. The number of rotatable bonds is 8. The SMILES string of the molecule is CCOc1ccc(N2C(=O)NC(=O)/C(=C\c3ccccc3OCc3ccc(C(=O)O)cc3)C2=O)cc1. The lowest BCUT2D eigenvalue weighted by Crippen LogP contribution is -2.54. The highest BCUT2D eigenvalue weighted by Gasteiger charge is 2.37. The lowest BCUT2D eigenvalue weighted by molar-refractivity contribution is -0.122. The molecule has 3 aromatic carbocycles. The number of carboxylic acid groups (broad SMARTS) is 1. The molecule has 0 aromatic heterocycles. The monoisotopic (exact) mass is 486 g/mol. The van der Waals surface area contributed by atoms with Crippen LogP contribution in [-0.2, 0) is 16.2 Å². The number of nitrogens with one attached hydrogen (secondary N) is 1.